The topological polar surface area (TPSA) is 35.5 Å². The predicted octanol–water partition coefficient (Wildman–Crippen LogP) is 2.19. The van der Waals surface area contributed by atoms with Crippen LogP contribution in [0.1, 0.15) is 36.8 Å². The highest BCUT2D eigenvalue weighted by atomic mass is 16.3. The Kier molecular flexibility index (Phi) is 4.05. The lowest BCUT2D eigenvalue weighted by molar-refractivity contribution is -0.0515. The molecule has 0 heterocycles. The van der Waals surface area contributed by atoms with Crippen LogP contribution in [0, 0.1) is 6.92 Å². The van der Waals surface area contributed by atoms with Crippen LogP contribution in [0.2, 0.25) is 0 Å². The lowest BCUT2D eigenvalue weighted by Crippen LogP contribution is -2.54. The fourth-order valence-electron chi connectivity index (χ4n) is 2.83. The number of hydrogen-bond donors (Lipinski definition) is 2. The van der Waals surface area contributed by atoms with Crippen LogP contribution in [0.3, 0.4) is 0 Å². The van der Waals surface area contributed by atoms with E-state index in [1.165, 1.54) is 12.0 Å². The van der Waals surface area contributed by atoms with Crippen molar-refractivity contribution in [3.05, 3.63) is 35.4 Å². The zero-order chi connectivity index (χ0) is 13.2. The van der Waals surface area contributed by atoms with Crippen LogP contribution >= 0.6 is 0 Å². The predicted molar refractivity (Wildman–Crippen MR) is 74.2 cm³/mol. The largest absolute Gasteiger partial charge is 0.383 e. The fourth-order valence-corrected chi connectivity index (χ4v) is 2.83. The van der Waals surface area contributed by atoms with Crippen LogP contribution in [0.4, 0.5) is 0 Å². The van der Waals surface area contributed by atoms with Gasteiger partial charge in [0.1, 0.15) is 5.60 Å². The molecular weight excluding hydrogens is 224 g/mol. The molecule has 1 aliphatic rings. The number of hydrogen-bond acceptors (Lipinski definition) is 3. The summed E-state index contributed by atoms with van der Waals surface area (Å²) < 4.78 is 0. The van der Waals surface area contributed by atoms with Crippen molar-refractivity contribution in [2.24, 2.45) is 0 Å². The van der Waals surface area contributed by atoms with Crippen molar-refractivity contribution in [2.45, 2.75) is 44.2 Å². The van der Waals surface area contributed by atoms with Crippen molar-refractivity contribution in [3.8, 4) is 0 Å². The molecule has 0 spiro atoms. The van der Waals surface area contributed by atoms with E-state index in [1.54, 1.807) is 0 Å². The van der Waals surface area contributed by atoms with Crippen molar-refractivity contribution in [1.29, 1.82) is 0 Å². The highest BCUT2D eigenvalue weighted by Crippen LogP contribution is 2.37. The summed E-state index contributed by atoms with van der Waals surface area (Å²) in [4.78, 5) is 0. The van der Waals surface area contributed by atoms with Gasteiger partial charge >= 0.3 is 0 Å². The van der Waals surface area contributed by atoms with E-state index < -0.39 is 5.60 Å². The second kappa shape index (κ2) is 5.39. The van der Waals surface area contributed by atoms with Gasteiger partial charge in [-0.1, -0.05) is 42.7 Å². The third-order valence-corrected chi connectivity index (χ3v) is 3.84. The lowest BCUT2D eigenvalue weighted by atomic mass is 9.76. The molecule has 2 N–H and O–H groups in total. The summed E-state index contributed by atoms with van der Waals surface area (Å²) in [5.41, 5.74) is 4.89. The molecule has 100 valence electrons. The van der Waals surface area contributed by atoms with Gasteiger partial charge in [-0.25, -0.2) is 5.43 Å². The summed E-state index contributed by atoms with van der Waals surface area (Å²) in [5, 5.41) is 13.0. The van der Waals surface area contributed by atoms with E-state index in [0.29, 0.717) is 0 Å². The van der Waals surface area contributed by atoms with Gasteiger partial charge in [-0.05, 0) is 25.3 Å². The van der Waals surface area contributed by atoms with E-state index in [0.717, 1.165) is 24.8 Å². The Balaban J connectivity index is 2.26. The van der Waals surface area contributed by atoms with Gasteiger partial charge in [-0.15, -0.1) is 0 Å². The summed E-state index contributed by atoms with van der Waals surface area (Å²) >= 11 is 0. The SMILES string of the molecule is Cc1ccc([C@@]2(O)CCCC[C@@H]2NN(C)C)cc1. The molecule has 1 saturated carbocycles. The molecule has 1 fully saturated rings. The van der Waals surface area contributed by atoms with Crippen LogP contribution in [-0.2, 0) is 5.60 Å². The minimum absolute atomic E-state index is 0.101. The summed E-state index contributed by atoms with van der Waals surface area (Å²) in [6.45, 7) is 2.07. The normalized spacial score (nSPS) is 28.6. The van der Waals surface area contributed by atoms with Gasteiger partial charge in [0.2, 0.25) is 0 Å². The van der Waals surface area contributed by atoms with Crippen LogP contribution in [-0.4, -0.2) is 30.3 Å². The molecule has 0 aliphatic heterocycles. The van der Waals surface area contributed by atoms with Crippen molar-refractivity contribution < 1.29 is 5.11 Å². The molecule has 0 bridgehead atoms. The van der Waals surface area contributed by atoms with Crippen LogP contribution in [0.15, 0.2) is 24.3 Å². The molecule has 1 aromatic carbocycles. The monoisotopic (exact) mass is 248 g/mol. The Morgan fingerprint density at radius 3 is 2.50 bits per heavy atom. The van der Waals surface area contributed by atoms with Gasteiger partial charge in [0.05, 0.1) is 6.04 Å². The average Bonchev–Trinajstić information content (AvgIpc) is 2.32. The average molecular weight is 248 g/mol. The van der Waals surface area contributed by atoms with Crippen molar-refractivity contribution in [3.63, 3.8) is 0 Å². The molecule has 3 heteroatoms. The molecule has 0 unspecified atom stereocenters. The molecular formula is C15H24N2O. The highest BCUT2D eigenvalue weighted by molar-refractivity contribution is 5.28. The number of rotatable bonds is 3. The third-order valence-electron chi connectivity index (χ3n) is 3.84. The first-order chi connectivity index (χ1) is 8.52. The Labute approximate surface area is 110 Å². The van der Waals surface area contributed by atoms with Gasteiger partial charge in [-0.2, -0.15) is 0 Å². The van der Waals surface area contributed by atoms with Crippen molar-refractivity contribution in [1.82, 2.24) is 10.4 Å². The first-order valence-electron chi connectivity index (χ1n) is 6.75. The minimum Gasteiger partial charge on any atom is -0.383 e. The van der Waals surface area contributed by atoms with Crippen LogP contribution < -0.4 is 5.43 Å². The maximum absolute atomic E-state index is 11.1. The summed E-state index contributed by atoms with van der Waals surface area (Å²) in [7, 11) is 3.95. The number of benzene rings is 1. The second-order valence-electron chi connectivity index (χ2n) is 5.61. The molecule has 0 radical (unpaired) electrons. The zero-order valence-corrected chi connectivity index (χ0v) is 11.6. The quantitative estimate of drug-likeness (QED) is 0.805. The molecule has 2 rings (SSSR count). The number of hydrazine groups is 1. The number of nitrogens with one attached hydrogen (secondary N) is 1. The Hall–Kier alpha value is -0.900. The van der Waals surface area contributed by atoms with Crippen molar-refractivity contribution in [2.75, 3.05) is 14.1 Å². The Morgan fingerprint density at radius 1 is 1.22 bits per heavy atom. The number of aliphatic hydroxyl groups is 1. The maximum atomic E-state index is 11.1. The van der Waals surface area contributed by atoms with E-state index in [-0.39, 0.29) is 6.04 Å². The Morgan fingerprint density at radius 2 is 1.89 bits per heavy atom. The number of aryl methyl sites for hydroxylation is 1. The Bertz CT molecular complexity index is 388. The zero-order valence-electron chi connectivity index (χ0n) is 11.6. The molecule has 0 amide bonds. The van der Waals surface area contributed by atoms with E-state index in [4.69, 9.17) is 0 Å². The summed E-state index contributed by atoms with van der Waals surface area (Å²) in [5.74, 6) is 0. The van der Waals surface area contributed by atoms with E-state index >= 15 is 0 Å². The van der Waals surface area contributed by atoms with Crippen LogP contribution in [0.5, 0.6) is 0 Å². The molecule has 1 aliphatic carbocycles. The smallest absolute Gasteiger partial charge is 0.106 e. The molecule has 18 heavy (non-hydrogen) atoms. The summed E-state index contributed by atoms with van der Waals surface area (Å²) in [6.07, 6.45) is 4.12. The first kappa shape index (κ1) is 13.5. The standard InChI is InChI=1S/C15H24N2O/c1-12-7-9-13(10-8-12)15(18)11-5-4-6-14(15)16-17(2)3/h7-10,14,16,18H,4-6,11H2,1-3H3/t14-,15-/m0/s1. The molecule has 0 saturated heterocycles. The van der Waals surface area contributed by atoms with Gasteiger partial charge in [0.15, 0.2) is 0 Å². The highest BCUT2D eigenvalue weighted by Gasteiger charge is 2.40. The molecule has 1 aromatic rings. The minimum atomic E-state index is -0.740. The fraction of sp³-hybridized carbons (Fsp3) is 0.600. The summed E-state index contributed by atoms with van der Waals surface area (Å²) in [6, 6.07) is 8.38. The molecule has 3 nitrogen and oxygen atoms in total. The number of nitrogens with zero attached hydrogens (tertiary/aromatic N) is 1. The van der Waals surface area contributed by atoms with E-state index in [9.17, 15) is 5.11 Å². The molecule has 2 atom stereocenters. The van der Waals surface area contributed by atoms with Gasteiger partial charge in [-0.3, -0.25) is 5.01 Å². The third kappa shape index (κ3) is 2.74. The lowest BCUT2D eigenvalue weighted by Gasteiger charge is -2.42. The van der Waals surface area contributed by atoms with Crippen LogP contribution in [0.25, 0.3) is 0 Å². The first-order valence-corrected chi connectivity index (χ1v) is 6.75. The second-order valence-corrected chi connectivity index (χ2v) is 5.61. The van der Waals surface area contributed by atoms with Gasteiger partial charge in [0, 0.05) is 14.1 Å². The van der Waals surface area contributed by atoms with Crippen molar-refractivity contribution >= 4 is 0 Å². The maximum Gasteiger partial charge on any atom is 0.106 e. The van der Waals surface area contributed by atoms with E-state index in [1.807, 2.05) is 19.1 Å². The van der Waals surface area contributed by atoms with Gasteiger partial charge in [0.25, 0.3) is 0 Å². The van der Waals surface area contributed by atoms with Gasteiger partial charge < -0.3 is 5.11 Å². The van der Waals surface area contributed by atoms with E-state index in [2.05, 4.69) is 36.6 Å². The molecule has 0 aromatic heterocycles.